The van der Waals surface area contributed by atoms with E-state index in [9.17, 15) is 0 Å². The lowest BCUT2D eigenvalue weighted by molar-refractivity contribution is 0.586. The average Bonchev–Trinajstić information content (AvgIpc) is 2.65. The van der Waals surface area contributed by atoms with E-state index in [-0.39, 0.29) is 0 Å². The zero-order valence-corrected chi connectivity index (χ0v) is 12.2. The molecule has 2 heterocycles. The first-order chi connectivity index (χ1) is 8.77. The van der Waals surface area contributed by atoms with Crippen molar-refractivity contribution in [2.24, 2.45) is 0 Å². The molecule has 3 nitrogen and oxygen atoms in total. The fraction of sp³-hybridized carbons (Fsp3) is 0.643. The summed E-state index contributed by atoms with van der Waals surface area (Å²) >= 11 is 2.05. The smallest absolute Gasteiger partial charge is 0.133 e. The average molecular weight is 265 g/mol. The van der Waals surface area contributed by atoms with E-state index in [0.717, 1.165) is 19.6 Å². The van der Waals surface area contributed by atoms with Gasteiger partial charge in [0.25, 0.3) is 0 Å². The molecule has 0 bridgehead atoms. The van der Waals surface area contributed by atoms with Crippen LogP contribution in [0.2, 0.25) is 0 Å². The number of aromatic nitrogens is 1. The van der Waals surface area contributed by atoms with Gasteiger partial charge in [-0.2, -0.15) is 11.8 Å². The van der Waals surface area contributed by atoms with E-state index in [1.807, 2.05) is 12.3 Å². The third-order valence-corrected chi connectivity index (χ3v) is 4.14. The molecular weight excluding hydrogens is 242 g/mol. The number of nitrogens with zero attached hydrogens (tertiary/aromatic N) is 2. The van der Waals surface area contributed by atoms with E-state index in [4.69, 9.17) is 0 Å². The Morgan fingerprint density at radius 3 is 3.11 bits per heavy atom. The van der Waals surface area contributed by atoms with Crippen molar-refractivity contribution in [3.63, 3.8) is 0 Å². The van der Waals surface area contributed by atoms with Gasteiger partial charge in [-0.15, -0.1) is 0 Å². The van der Waals surface area contributed by atoms with Crippen molar-refractivity contribution in [1.29, 1.82) is 0 Å². The van der Waals surface area contributed by atoms with Gasteiger partial charge in [0.1, 0.15) is 5.82 Å². The topological polar surface area (TPSA) is 28.2 Å². The number of pyridine rings is 1. The van der Waals surface area contributed by atoms with Crippen LogP contribution in [0.4, 0.5) is 5.82 Å². The first kappa shape index (κ1) is 13.7. The zero-order valence-electron chi connectivity index (χ0n) is 11.4. The maximum Gasteiger partial charge on any atom is 0.133 e. The molecule has 1 N–H and O–H groups in total. The normalized spacial score (nSPS) is 16.9. The Kier molecular flexibility index (Phi) is 5.32. The van der Waals surface area contributed by atoms with Gasteiger partial charge < -0.3 is 10.2 Å². The molecule has 0 spiro atoms. The highest BCUT2D eigenvalue weighted by Gasteiger charge is 2.14. The van der Waals surface area contributed by atoms with Crippen LogP contribution in [-0.2, 0) is 6.54 Å². The Balaban J connectivity index is 2.09. The summed E-state index contributed by atoms with van der Waals surface area (Å²) in [5.41, 5.74) is 1.32. The van der Waals surface area contributed by atoms with Gasteiger partial charge in [-0.1, -0.05) is 19.9 Å². The molecule has 1 fully saturated rings. The lowest BCUT2D eigenvalue weighted by Crippen LogP contribution is -2.29. The highest BCUT2D eigenvalue weighted by atomic mass is 32.2. The molecule has 4 heteroatoms. The Morgan fingerprint density at radius 1 is 1.39 bits per heavy atom. The fourth-order valence-electron chi connectivity index (χ4n) is 2.12. The summed E-state index contributed by atoms with van der Waals surface area (Å²) in [5.74, 6) is 3.67. The van der Waals surface area contributed by atoms with Gasteiger partial charge in [0.15, 0.2) is 0 Å². The van der Waals surface area contributed by atoms with Gasteiger partial charge in [0.05, 0.1) is 0 Å². The minimum absolute atomic E-state index is 0.512. The Hall–Kier alpha value is -0.740. The van der Waals surface area contributed by atoms with Crippen LogP contribution >= 0.6 is 11.8 Å². The number of anilines is 1. The van der Waals surface area contributed by atoms with Crippen LogP contribution in [0.15, 0.2) is 18.3 Å². The molecule has 1 aliphatic rings. The molecule has 0 radical (unpaired) electrons. The van der Waals surface area contributed by atoms with Gasteiger partial charge in [-0.25, -0.2) is 4.98 Å². The highest BCUT2D eigenvalue weighted by Crippen LogP contribution is 2.20. The summed E-state index contributed by atoms with van der Waals surface area (Å²) in [6, 6.07) is 4.74. The Labute approximate surface area is 114 Å². The van der Waals surface area contributed by atoms with E-state index in [1.54, 1.807) is 0 Å². The molecule has 1 saturated heterocycles. The van der Waals surface area contributed by atoms with Crippen molar-refractivity contribution < 1.29 is 0 Å². The van der Waals surface area contributed by atoms with E-state index < -0.39 is 0 Å². The molecule has 0 aromatic carbocycles. The number of hydrogen-bond donors (Lipinski definition) is 1. The molecule has 0 aliphatic carbocycles. The summed E-state index contributed by atoms with van der Waals surface area (Å²) in [5, 5.41) is 3.49. The van der Waals surface area contributed by atoms with Gasteiger partial charge in [0, 0.05) is 43.2 Å². The van der Waals surface area contributed by atoms with Crippen LogP contribution in [-0.4, -0.2) is 35.6 Å². The molecule has 1 aromatic heterocycles. The second-order valence-electron chi connectivity index (χ2n) is 4.97. The molecule has 100 valence electrons. The van der Waals surface area contributed by atoms with Gasteiger partial charge >= 0.3 is 0 Å². The summed E-state index contributed by atoms with van der Waals surface area (Å²) in [6.07, 6.45) is 3.17. The van der Waals surface area contributed by atoms with Crippen LogP contribution in [0.3, 0.4) is 0 Å². The number of rotatable bonds is 4. The van der Waals surface area contributed by atoms with Crippen LogP contribution in [0, 0.1) is 0 Å². The third-order valence-electron chi connectivity index (χ3n) is 3.09. The van der Waals surface area contributed by atoms with Crippen molar-refractivity contribution in [3.8, 4) is 0 Å². The van der Waals surface area contributed by atoms with Crippen LogP contribution in [0.25, 0.3) is 0 Å². The SMILES string of the molecule is CC(C)NCc1cccnc1N1CCCSCC1. The van der Waals surface area contributed by atoms with Crippen molar-refractivity contribution in [1.82, 2.24) is 10.3 Å². The lowest BCUT2D eigenvalue weighted by atomic mass is 10.2. The minimum atomic E-state index is 0.512. The summed E-state index contributed by atoms with van der Waals surface area (Å²) < 4.78 is 0. The monoisotopic (exact) mass is 265 g/mol. The predicted molar refractivity (Wildman–Crippen MR) is 80.4 cm³/mol. The first-order valence-corrected chi connectivity index (χ1v) is 7.93. The molecule has 1 aliphatic heterocycles. The zero-order chi connectivity index (χ0) is 12.8. The quantitative estimate of drug-likeness (QED) is 0.905. The molecule has 0 unspecified atom stereocenters. The van der Waals surface area contributed by atoms with Crippen molar-refractivity contribution in [2.45, 2.75) is 32.9 Å². The Morgan fingerprint density at radius 2 is 2.28 bits per heavy atom. The van der Waals surface area contributed by atoms with Crippen molar-refractivity contribution >= 4 is 17.6 Å². The summed E-state index contributed by atoms with van der Waals surface area (Å²) in [7, 11) is 0. The van der Waals surface area contributed by atoms with E-state index in [2.05, 4.69) is 46.9 Å². The number of nitrogens with one attached hydrogen (secondary N) is 1. The fourth-order valence-corrected chi connectivity index (χ4v) is 3.01. The molecule has 18 heavy (non-hydrogen) atoms. The largest absolute Gasteiger partial charge is 0.355 e. The molecule has 0 atom stereocenters. The molecule has 2 rings (SSSR count). The Bertz CT molecular complexity index is 360. The lowest BCUT2D eigenvalue weighted by Gasteiger charge is -2.24. The summed E-state index contributed by atoms with van der Waals surface area (Å²) in [6.45, 7) is 7.52. The molecular formula is C14H23N3S. The first-order valence-electron chi connectivity index (χ1n) is 6.77. The van der Waals surface area contributed by atoms with Crippen LogP contribution < -0.4 is 10.2 Å². The predicted octanol–water partition coefficient (Wildman–Crippen LogP) is 2.52. The van der Waals surface area contributed by atoms with Gasteiger partial charge in [-0.3, -0.25) is 0 Å². The van der Waals surface area contributed by atoms with Crippen LogP contribution in [0.1, 0.15) is 25.8 Å². The van der Waals surface area contributed by atoms with Gasteiger partial charge in [0.2, 0.25) is 0 Å². The highest BCUT2D eigenvalue weighted by molar-refractivity contribution is 7.99. The second-order valence-corrected chi connectivity index (χ2v) is 6.20. The van der Waals surface area contributed by atoms with Gasteiger partial charge in [-0.05, 0) is 18.2 Å². The molecule has 0 amide bonds. The summed E-state index contributed by atoms with van der Waals surface area (Å²) in [4.78, 5) is 7.04. The van der Waals surface area contributed by atoms with E-state index >= 15 is 0 Å². The van der Waals surface area contributed by atoms with E-state index in [1.165, 1.54) is 29.3 Å². The van der Waals surface area contributed by atoms with Crippen molar-refractivity contribution in [3.05, 3.63) is 23.9 Å². The third kappa shape index (κ3) is 3.89. The number of thioether (sulfide) groups is 1. The van der Waals surface area contributed by atoms with E-state index in [0.29, 0.717) is 6.04 Å². The maximum absolute atomic E-state index is 4.60. The molecule has 0 saturated carbocycles. The van der Waals surface area contributed by atoms with Crippen molar-refractivity contribution in [2.75, 3.05) is 29.5 Å². The minimum Gasteiger partial charge on any atom is -0.355 e. The number of hydrogen-bond acceptors (Lipinski definition) is 4. The van der Waals surface area contributed by atoms with Crippen LogP contribution in [0.5, 0.6) is 0 Å². The second kappa shape index (κ2) is 7.00. The standard InChI is InChI=1S/C14H23N3S/c1-12(2)16-11-13-5-3-6-15-14(13)17-7-4-9-18-10-8-17/h3,5-6,12,16H,4,7-11H2,1-2H3. The molecule has 1 aromatic rings. The maximum atomic E-state index is 4.60.